The van der Waals surface area contributed by atoms with Crippen LogP contribution in [0, 0.1) is 6.92 Å². The van der Waals surface area contributed by atoms with E-state index in [1.54, 1.807) is 6.08 Å². The van der Waals surface area contributed by atoms with Gasteiger partial charge in [-0.25, -0.2) is 0 Å². The number of allylic oxidation sites excluding steroid dienone is 5. The van der Waals surface area contributed by atoms with Gasteiger partial charge in [0.25, 0.3) is 0 Å². The molecule has 0 bridgehead atoms. The van der Waals surface area contributed by atoms with E-state index in [9.17, 15) is 0 Å². The zero-order valence-electron chi connectivity index (χ0n) is 12.8. The first-order chi connectivity index (χ1) is 9.38. The highest BCUT2D eigenvalue weighted by Gasteiger charge is 2.06. The Hall–Kier alpha value is -1.67. The number of rotatable bonds is 5. The number of benzene rings is 1. The fourth-order valence-electron chi connectivity index (χ4n) is 1.94. The van der Waals surface area contributed by atoms with E-state index in [1.807, 2.05) is 26.1 Å². The van der Waals surface area contributed by atoms with Crippen molar-refractivity contribution in [2.75, 3.05) is 7.05 Å². The Kier molecular flexibility index (Phi) is 5.90. The molecule has 1 rings (SSSR count). The minimum Gasteiger partial charge on any atom is -0.351 e. The maximum Gasteiger partial charge on any atom is 0.0276 e. The summed E-state index contributed by atoms with van der Waals surface area (Å²) >= 11 is 4.41. The number of hydrogen-bond acceptors (Lipinski definition) is 2. The molecule has 0 atom stereocenters. The van der Waals surface area contributed by atoms with Gasteiger partial charge >= 0.3 is 0 Å². The van der Waals surface area contributed by atoms with Crippen molar-refractivity contribution in [3.63, 3.8) is 0 Å². The average Bonchev–Trinajstić information content (AvgIpc) is 2.44. The SMILES string of the molecule is C=C/C(S)=C(/C)N(C)/C(C)=C\C(=C)c1ccccc1C. The van der Waals surface area contributed by atoms with Gasteiger partial charge in [-0.2, -0.15) is 0 Å². The van der Waals surface area contributed by atoms with Crippen molar-refractivity contribution >= 4 is 18.2 Å². The van der Waals surface area contributed by atoms with E-state index in [2.05, 4.69) is 62.7 Å². The summed E-state index contributed by atoms with van der Waals surface area (Å²) in [5, 5.41) is 0. The van der Waals surface area contributed by atoms with Crippen LogP contribution >= 0.6 is 12.6 Å². The molecule has 0 N–H and O–H groups in total. The highest BCUT2D eigenvalue weighted by molar-refractivity contribution is 7.84. The van der Waals surface area contributed by atoms with Crippen LogP contribution in [-0.4, -0.2) is 11.9 Å². The lowest BCUT2D eigenvalue weighted by molar-refractivity contribution is 0.521. The summed E-state index contributed by atoms with van der Waals surface area (Å²) in [4.78, 5) is 2.97. The maximum absolute atomic E-state index is 4.41. The minimum absolute atomic E-state index is 0.877. The second-order valence-corrected chi connectivity index (χ2v) is 5.34. The summed E-state index contributed by atoms with van der Waals surface area (Å²) in [5.74, 6) is 0. The van der Waals surface area contributed by atoms with Crippen LogP contribution in [-0.2, 0) is 0 Å². The third-order valence-electron chi connectivity index (χ3n) is 3.47. The Balaban J connectivity index is 3.03. The predicted octanol–water partition coefficient (Wildman–Crippen LogP) is 5.19. The molecule has 0 unspecified atom stereocenters. The monoisotopic (exact) mass is 285 g/mol. The van der Waals surface area contributed by atoms with Crippen LogP contribution in [0.15, 0.2) is 65.9 Å². The fourth-order valence-corrected chi connectivity index (χ4v) is 2.09. The summed E-state index contributed by atoms with van der Waals surface area (Å²) in [6.45, 7) is 14.1. The van der Waals surface area contributed by atoms with Crippen molar-refractivity contribution in [1.29, 1.82) is 0 Å². The first kappa shape index (κ1) is 16.4. The Bertz CT molecular complexity index is 579. The van der Waals surface area contributed by atoms with E-state index in [0.29, 0.717) is 0 Å². The van der Waals surface area contributed by atoms with Crippen molar-refractivity contribution in [1.82, 2.24) is 4.90 Å². The summed E-state index contributed by atoms with van der Waals surface area (Å²) in [7, 11) is 2.02. The maximum atomic E-state index is 4.41. The van der Waals surface area contributed by atoms with Gasteiger partial charge in [0.2, 0.25) is 0 Å². The van der Waals surface area contributed by atoms with E-state index in [0.717, 1.165) is 21.9 Å². The van der Waals surface area contributed by atoms with Gasteiger partial charge in [0.05, 0.1) is 0 Å². The van der Waals surface area contributed by atoms with Crippen LogP contribution in [0.3, 0.4) is 0 Å². The predicted molar refractivity (Wildman–Crippen MR) is 93.6 cm³/mol. The zero-order valence-corrected chi connectivity index (χ0v) is 13.7. The number of hydrogen-bond donors (Lipinski definition) is 1. The summed E-state index contributed by atoms with van der Waals surface area (Å²) in [6.07, 6.45) is 3.84. The summed E-state index contributed by atoms with van der Waals surface area (Å²) in [5.41, 5.74) is 5.60. The molecule has 0 aliphatic rings. The molecule has 0 aromatic heterocycles. The molecule has 0 aliphatic heterocycles. The lowest BCUT2D eigenvalue weighted by Gasteiger charge is -2.22. The van der Waals surface area contributed by atoms with Gasteiger partial charge in [-0.15, -0.1) is 12.6 Å². The van der Waals surface area contributed by atoms with E-state index in [4.69, 9.17) is 0 Å². The molecule has 0 saturated carbocycles. The van der Waals surface area contributed by atoms with Gasteiger partial charge in [-0.1, -0.05) is 43.5 Å². The molecule has 0 amide bonds. The molecule has 0 spiro atoms. The average molecular weight is 285 g/mol. The first-order valence-corrected chi connectivity index (χ1v) is 7.02. The van der Waals surface area contributed by atoms with Crippen LogP contribution < -0.4 is 0 Å². The van der Waals surface area contributed by atoms with Crippen molar-refractivity contribution in [2.24, 2.45) is 0 Å². The smallest absolute Gasteiger partial charge is 0.0276 e. The van der Waals surface area contributed by atoms with Gasteiger partial charge in [0.1, 0.15) is 0 Å². The molecule has 2 heteroatoms. The third kappa shape index (κ3) is 3.91. The van der Waals surface area contributed by atoms with Crippen molar-refractivity contribution in [3.8, 4) is 0 Å². The quantitative estimate of drug-likeness (QED) is 0.575. The summed E-state index contributed by atoms with van der Waals surface area (Å²) in [6, 6.07) is 8.27. The van der Waals surface area contributed by atoms with E-state index in [1.165, 1.54) is 11.1 Å². The van der Waals surface area contributed by atoms with Crippen molar-refractivity contribution < 1.29 is 0 Å². The van der Waals surface area contributed by atoms with Crippen LogP contribution in [0.4, 0.5) is 0 Å². The molecule has 0 aliphatic carbocycles. The van der Waals surface area contributed by atoms with Crippen molar-refractivity contribution in [2.45, 2.75) is 20.8 Å². The molecular weight excluding hydrogens is 262 g/mol. The van der Waals surface area contributed by atoms with Crippen LogP contribution in [0.5, 0.6) is 0 Å². The second kappa shape index (κ2) is 7.20. The topological polar surface area (TPSA) is 3.24 Å². The van der Waals surface area contributed by atoms with Crippen molar-refractivity contribution in [3.05, 3.63) is 77.0 Å². The second-order valence-electron chi connectivity index (χ2n) is 4.86. The highest BCUT2D eigenvalue weighted by atomic mass is 32.1. The lowest BCUT2D eigenvalue weighted by Crippen LogP contribution is -2.14. The largest absolute Gasteiger partial charge is 0.351 e. The molecular formula is C18H23NS. The van der Waals surface area contributed by atoms with E-state index < -0.39 is 0 Å². The van der Waals surface area contributed by atoms with Gasteiger partial charge < -0.3 is 4.90 Å². The Morgan fingerprint density at radius 3 is 2.40 bits per heavy atom. The Morgan fingerprint density at radius 1 is 1.25 bits per heavy atom. The first-order valence-electron chi connectivity index (χ1n) is 6.57. The zero-order chi connectivity index (χ0) is 15.3. The minimum atomic E-state index is 0.877. The van der Waals surface area contributed by atoms with Gasteiger partial charge in [0.15, 0.2) is 0 Å². The molecule has 20 heavy (non-hydrogen) atoms. The van der Waals surface area contributed by atoms with E-state index >= 15 is 0 Å². The number of nitrogens with zero attached hydrogens (tertiary/aromatic N) is 1. The van der Waals surface area contributed by atoms with Crippen LogP contribution in [0.1, 0.15) is 25.0 Å². The Morgan fingerprint density at radius 2 is 1.85 bits per heavy atom. The normalized spacial score (nSPS) is 12.8. The van der Waals surface area contributed by atoms with Gasteiger partial charge in [-0.05, 0) is 43.5 Å². The van der Waals surface area contributed by atoms with E-state index in [-0.39, 0.29) is 0 Å². The Labute approximate surface area is 128 Å². The molecule has 0 heterocycles. The van der Waals surface area contributed by atoms with Gasteiger partial charge in [0, 0.05) is 23.3 Å². The van der Waals surface area contributed by atoms with Crippen LogP contribution in [0.25, 0.3) is 5.57 Å². The lowest BCUT2D eigenvalue weighted by atomic mass is 10.0. The number of thiol groups is 1. The standard InChI is InChI=1S/C18H23NS/c1-7-18(20)16(5)19(6)15(4)12-14(3)17-11-9-8-10-13(17)2/h7-12,20H,1,3H2,2,4-6H3/b15-12-,18-16+. The highest BCUT2D eigenvalue weighted by Crippen LogP contribution is 2.22. The molecule has 0 saturated heterocycles. The summed E-state index contributed by atoms with van der Waals surface area (Å²) < 4.78 is 0. The fraction of sp³-hybridized carbons (Fsp3) is 0.222. The molecule has 106 valence electrons. The molecule has 1 nitrogen and oxygen atoms in total. The van der Waals surface area contributed by atoms with Crippen LogP contribution in [0.2, 0.25) is 0 Å². The van der Waals surface area contributed by atoms with Gasteiger partial charge in [-0.3, -0.25) is 0 Å². The third-order valence-corrected chi connectivity index (χ3v) is 3.98. The molecule has 1 aromatic rings. The molecule has 1 aromatic carbocycles. The molecule has 0 fully saturated rings. The number of aryl methyl sites for hydroxylation is 1. The molecule has 0 radical (unpaired) electrons.